The zero-order chi connectivity index (χ0) is 17.1. The van der Waals surface area contributed by atoms with E-state index in [4.69, 9.17) is 20.9 Å². The average molecular weight is 352 g/mol. The van der Waals surface area contributed by atoms with Crippen LogP contribution in [0.4, 0.5) is 5.82 Å². The van der Waals surface area contributed by atoms with Crippen molar-refractivity contribution < 1.29 is 14.1 Å². The highest BCUT2D eigenvalue weighted by molar-refractivity contribution is 6.30. The monoisotopic (exact) mass is 351 g/mol. The van der Waals surface area contributed by atoms with Crippen LogP contribution in [0.1, 0.15) is 24.7 Å². The summed E-state index contributed by atoms with van der Waals surface area (Å²) in [7, 11) is 0. The molecule has 1 amide bonds. The van der Waals surface area contributed by atoms with Gasteiger partial charge in [-0.05, 0) is 26.0 Å². The Morgan fingerprint density at radius 1 is 1.46 bits per heavy atom. The number of aryl methyl sites for hydroxylation is 1. The molecule has 2 aromatic rings. The summed E-state index contributed by atoms with van der Waals surface area (Å²) in [6, 6.07) is 3.33. The van der Waals surface area contributed by atoms with E-state index in [-0.39, 0.29) is 24.7 Å². The maximum atomic E-state index is 12.2. The second-order valence-electron chi connectivity index (χ2n) is 5.72. The molecule has 9 heteroatoms. The molecule has 2 atom stereocenters. The molecule has 0 aromatic carbocycles. The van der Waals surface area contributed by atoms with Crippen molar-refractivity contribution in [2.24, 2.45) is 0 Å². The molecular formula is C15H18ClN5O3. The number of pyridine rings is 1. The van der Waals surface area contributed by atoms with Crippen LogP contribution in [-0.2, 0) is 9.53 Å². The third-order valence-electron chi connectivity index (χ3n) is 3.52. The van der Waals surface area contributed by atoms with E-state index in [2.05, 4.69) is 20.4 Å². The topological polar surface area (TPSA) is 93.4 Å². The predicted octanol–water partition coefficient (Wildman–Crippen LogP) is 1.83. The molecule has 1 N–H and O–H groups in total. The molecule has 3 rings (SSSR count). The zero-order valence-corrected chi connectivity index (χ0v) is 14.2. The van der Waals surface area contributed by atoms with Gasteiger partial charge in [0.2, 0.25) is 5.91 Å². The van der Waals surface area contributed by atoms with Crippen LogP contribution in [0, 0.1) is 6.92 Å². The third-order valence-corrected chi connectivity index (χ3v) is 3.74. The molecule has 0 unspecified atom stereocenters. The van der Waals surface area contributed by atoms with E-state index in [0.29, 0.717) is 35.6 Å². The summed E-state index contributed by atoms with van der Waals surface area (Å²) in [5.41, 5.74) is 0. The molecule has 24 heavy (non-hydrogen) atoms. The fourth-order valence-electron chi connectivity index (χ4n) is 2.58. The van der Waals surface area contributed by atoms with Gasteiger partial charge in [0, 0.05) is 19.3 Å². The lowest BCUT2D eigenvalue weighted by atomic mass is 10.2. The highest BCUT2D eigenvalue weighted by Crippen LogP contribution is 2.23. The molecule has 0 saturated carbocycles. The maximum absolute atomic E-state index is 12.2. The van der Waals surface area contributed by atoms with Crippen LogP contribution in [0.5, 0.6) is 0 Å². The summed E-state index contributed by atoms with van der Waals surface area (Å²) in [6.45, 7) is 5.07. The summed E-state index contributed by atoms with van der Waals surface area (Å²) >= 11 is 5.78. The molecule has 0 bridgehead atoms. The van der Waals surface area contributed by atoms with Gasteiger partial charge in [-0.1, -0.05) is 16.8 Å². The lowest BCUT2D eigenvalue weighted by Crippen LogP contribution is -2.46. The molecule has 3 heterocycles. The number of aromatic nitrogens is 3. The number of hydrogen-bond donors (Lipinski definition) is 1. The SMILES string of the molecule is Cc1noc([C@H]2CN(CC(=O)Nc3ccc(Cl)cn3)C[C@@H](C)O2)n1. The number of amides is 1. The van der Waals surface area contributed by atoms with Crippen molar-refractivity contribution in [2.75, 3.05) is 25.0 Å². The van der Waals surface area contributed by atoms with Gasteiger partial charge in [-0.3, -0.25) is 9.69 Å². The van der Waals surface area contributed by atoms with E-state index in [0.717, 1.165) is 0 Å². The number of anilines is 1. The normalized spacial score (nSPS) is 21.6. The molecule has 2 aromatic heterocycles. The van der Waals surface area contributed by atoms with Gasteiger partial charge in [-0.15, -0.1) is 0 Å². The van der Waals surface area contributed by atoms with Crippen LogP contribution in [0.2, 0.25) is 5.02 Å². The molecular weight excluding hydrogens is 334 g/mol. The molecule has 1 saturated heterocycles. The minimum atomic E-state index is -0.337. The Labute approximate surface area is 144 Å². The van der Waals surface area contributed by atoms with E-state index in [1.165, 1.54) is 6.20 Å². The molecule has 1 aliphatic rings. The van der Waals surface area contributed by atoms with Gasteiger partial charge in [-0.25, -0.2) is 4.98 Å². The second-order valence-corrected chi connectivity index (χ2v) is 6.16. The summed E-state index contributed by atoms with van der Waals surface area (Å²) in [5.74, 6) is 1.31. The van der Waals surface area contributed by atoms with Crippen molar-refractivity contribution in [3.63, 3.8) is 0 Å². The van der Waals surface area contributed by atoms with E-state index < -0.39 is 0 Å². The van der Waals surface area contributed by atoms with Crippen molar-refractivity contribution in [2.45, 2.75) is 26.1 Å². The average Bonchev–Trinajstić information content (AvgIpc) is 2.95. The number of ether oxygens (including phenoxy) is 1. The Bertz CT molecular complexity index is 705. The number of carbonyl (C=O) groups excluding carboxylic acids is 1. The van der Waals surface area contributed by atoms with Crippen molar-refractivity contribution in [1.29, 1.82) is 0 Å². The van der Waals surface area contributed by atoms with Crippen LogP contribution < -0.4 is 5.32 Å². The fraction of sp³-hybridized carbons (Fsp3) is 0.467. The molecule has 0 radical (unpaired) electrons. The highest BCUT2D eigenvalue weighted by Gasteiger charge is 2.31. The van der Waals surface area contributed by atoms with Crippen LogP contribution >= 0.6 is 11.6 Å². The van der Waals surface area contributed by atoms with Gasteiger partial charge < -0.3 is 14.6 Å². The summed E-state index contributed by atoms with van der Waals surface area (Å²) in [4.78, 5) is 22.4. The van der Waals surface area contributed by atoms with E-state index >= 15 is 0 Å². The van der Waals surface area contributed by atoms with Crippen molar-refractivity contribution >= 4 is 23.3 Å². The molecule has 1 fully saturated rings. The Morgan fingerprint density at radius 2 is 2.29 bits per heavy atom. The van der Waals surface area contributed by atoms with Gasteiger partial charge in [0.1, 0.15) is 11.9 Å². The Morgan fingerprint density at radius 3 is 2.96 bits per heavy atom. The summed E-state index contributed by atoms with van der Waals surface area (Å²) < 4.78 is 11.0. The molecule has 8 nitrogen and oxygen atoms in total. The minimum Gasteiger partial charge on any atom is -0.363 e. The van der Waals surface area contributed by atoms with E-state index in [1.54, 1.807) is 19.1 Å². The molecule has 128 valence electrons. The first-order valence-corrected chi connectivity index (χ1v) is 7.97. The minimum absolute atomic E-state index is 0.0441. The Balaban J connectivity index is 1.59. The van der Waals surface area contributed by atoms with Crippen molar-refractivity contribution in [3.8, 4) is 0 Å². The standard InChI is InChI=1S/C15H18ClN5O3/c1-9-6-21(7-12(23-9)15-18-10(2)20-24-15)8-14(22)19-13-4-3-11(16)5-17-13/h3-5,9,12H,6-8H2,1-2H3,(H,17,19,22)/t9-,12-/m1/s1. The lowest BCUT2D eigenvalue weighted by molar-refractivity contribution is -0.123. The lowest BCUT2D eigenvalue weighted by Gasteiger charge is -2.34. The van der Waals surface area contributed by atoms with Crippen molar-refractivity contribution in [1.82, 2.24) is 20.0 Å². The second kappa shape index (κ2) is 7.25. The Kier molecular flexibility index (Phi) is 5.08. The quantitative estimate of drug-likeness (QED) is 0.898. The van der Waals surface area contributed by atoms with Crippen LogP contribution in [0.15, 0.2) is 22.9 Å². The fourth-order valence-corrected chi connectivity index (χ4v) is 2.70. The first-order valence-electron chi connectivity index (χ1n) is 7.59. The van der Waals surface area contributed by atoms with Crippen LogP contribution in [0.25, 0.3) is 0 Å². The number of nitrogens with one attached hydrogen (secondary N) is 1. The smallest absolute Gasteiger partial charge is 0.257 e. The number of morpholine rings is 1. The summed E-state index contributed by atoms with van der Waals surface area (Å²) in [5, 5.41) is 7.05. The highest BCUT2D eigenvalue weighted by atomic mass is 35.5. The summed E-state index contributed by atoms with van der Waals surface area (Å²) in [6.07, 6.45) is 1.11. The Hall–Kier alpha value is -2.03. The van der Waals surface area contributed by atoms with Gasteiger partial charge in [0.15, 0.2) is 5.82 Å². The van der Waals surface area contributed by atoms with Gasteiger partial charge in [-0.2, -0.15) is 4.98 Å². The predicted molar refractivity (Wildman–Crippen MR) is 86.6 cm³/mol. The maximum Gasteiger partial charge on any atom is 0.257 e. The van der Waals surface area contributed by atoms with E-state index in [9.17, 15) is 4.79 Å². The number of nitrogens with zero attached hydrogens (tertiary/aromatic N) is 4. The van der Waals surface area contributed by atoms with Gasteiger partial charge in [0.05, 0.1) is 17.7 Å². The van der Waals surface area contributed by atoms with Gasteiger partial charge >= 0.3 is 0 Å². The number of halogens is 1. The zero-order valence-electron chi connectivity index (χ0n) is 13.4. The van der Waals surface area contributed by atoms with Crippen LogP contribution in [0.3, 0.4) is 0 Å². The molecule has 0 aliphatic carbocycles. The number of carbonyl (C=O) groups is 1. The van der Waals surface area contributed by atoms with Crippen molar-refractivity contribution in [3.05, 3.63) is 35.1 Å². The first-order chi connectivity index (χ1) is 11.5. The third kappa shape index (κ3) is 4.28. The number of hydrogen-bond acceptors (Lipinski definition) is 7. The molecule has 1 aliphatic heterocycles. The largest absolute Gasteiger partial charge is 0.363 e. The van der Waals surface area contributed by atoms with Gasteiger partial charge in [0.25, 0.3) is 5.89 Å². The van der Waals surface area contributed by atoms with E-state index in [1.807, 2.05) is 11.8 Å². The molecule has 0 spiro atoms. The first kappa shape index (κ1) is 16.8. The number of rotatable bonds is 4. The van der Waals surface area contributed by atoms with Crippen LogP contribution in [-0.4, -0.2) is 51.7 Å².